The number of rotatable bonds is 1. The Morgan fingerprint density at radius 3 is 3.00 bits per heavy atom. The lowest BCUT2D eigenvalue weighted by atomic mass is 10.2. The maximum absolute atomic E-state index is 4.25. The fourth-order valence-corrected chi connectivity index (χ4v) is 2.33. The third-order valence-corrected chi connectivity index (χ3v) is 3.08. The van der Waals surface area contributed by atoms with Gasteiger partial charge in [0, 0.05) is 0 Å². The summed E-state index contributed by atoms with van der Waals surface area (Å²) < 4.78 is 1.25. The zero-order valence-electron chi connectivity index (χ0n) is 7.16. The maximum atomic E-state index is 4.25. The number of fused-ring (bicyclic) bond motifs is 1. The Morgan fingerprint density at radius 1 is 1.42 bits per heavy atom. The van der Waals surface area contributed by atoms with Crippen LogP contribution in [0.4, 0.5) is 0 Å². The van der Waals surface area contributed by atoms with Crippen molar-refractivity contribution in [1.82, 2.24) is 9.97 Å². The predicted molar refractivity (Wildman–Crippen MR) is 51.5 cm³/mol. The summed E-state index contributed by atoms with van der Waals surface area (Å²) in [5, 5.41) is 2.14. The van der Waals surface area contributed by atoms with Crippen LogP contribution >= 0.6 is 11.3 Å². The van der Waals surface area contributed by atoms with Gasteiger partial charge in [0.15, 0.2) is 0 Å². The summed E-state index contributed by atoms with van der Waals surface area (Å²) in [6.45, 7) is 4.21. The summed E-state index contributed by atoms with van der Waals surface area (Å²) in [5.41, 5.74) is 3.54. The van der Waals surface area contributed by atoms with Crippen LogP contribution < -0.4 is 0 Å². The third-order valence-electron chi connectivity index (χ3n) is 1.94. The Bertz CT molecular complexity index is 406. The van der Waals surface area contributed by atoms with Crippen LogP contribution in [0.5, 0.6) is 0 Å². The highest BCUT2D eigenvalue weighted by Gasteiger charge is 2.05. The Morgan fingerprint density at radius 2 is 2.25 bits per heavy atom. The molecule has 0 saturated heterocycles. The molecular formula is C9H10N2S. The van der Waals surface area contributed by atoms with E-state index in [4.69, 9.17) is 0 Å². The second kappa shape index (κ2) is 2.83. The van der Waals surface area contributed by atoms with E-state index in [1.54, 1.807) is 17.7 Å². The number of thiophene rings is 1. The molecule has 0 amide bonds. The number of hydrogen-bond acceptors (Lipinski definition) is 3. The molecule has 2 aromatic rings. The molecule has 0 N–H and O–H groups in total. The van der Waals surface area contributed by atoms with Crippen LogP contribution in [0.1, 0.15) is 18.2 Å². The van der Waals surface area contributed by atoms with E-state index in [1.165, 1.54) is 10.3 Å². The highest BCUT2D eigenvalue weighted by Crippen LogP contribution is 2.25. The van der Waals surface area contributed by atoms with Crippen LogP contribution in [0, 0.1) is 6.92 Å². The second-order valence-corrected chi connectivity index (χ2v) is 3.65. The Balaban J connectivity index is 2.81. The van der Waals surface area contributed by atoms with Gasteiger partial charge in [0.1, 0.15) is 6.33 Å². The molecule has 0 aliphatic carbocycles. The summed E-state index contributed by atoms with van der Waals surface area (Å²) in [7, 11) is 0. The van der Waals surface area contributed by atoms with Crippen molar-refractivity contribution >= 4 is 21.6 Å². The summed E-state index contributed by atoms with van der Waals surface area (Å²) in [6.07, 6.45) is 2.64. The second-order valence-electron chi connectivity index (χ2n) is 2.77. The monoisotopic (exact) mass is 178 g/mol. The van der Waals surface area contributed by atoms with Gasteiger partial charge >= 0.3 is 0 Å². The van der Waals surface area contributed by atoms with Gasteiger partial charge in [0.2, 0.25) is 0 Å². The highest BCUT2D eigenvalue weighted by atomic mass is 32.1. The maximum Gasteiger partial charge on any atom is 0.116 e. The van der Waals surface area contributed by atoms with E-state index in [0.29, 0.717) is 0 Å². The molecule has 0 spiro atoms. The molecule has 0 fully saturated rings. The predicted octanol–water partition coefficient (Wildman–Crippen LogP) is 2.56. The summed E-state index contributed by atoms with van der Waals surface area (Å²) >= 11 is 1.74. The topological polar surface area (TPSA) is 25.8 Å². The zero-order chi connectivity index (χ0) is 8.55. The molecule has 0 unspecified atom stereocenters. The Hall–Kier alpha value is -0.960. The van der Waals surface area contributed by atoms with Gasteiger partial charge in [0.05, 0.1) is 15.9 Å². The first-order valence-electron chi connectivity index (χ1n) is 4.00. The van der Waals surface area contributed by atoms with E-state index in [1.807, 2.05) is 0 Å². The number of nitrogens with zero attached hydrogens (tertiary/aromatic N) is 2. The zero-order valence-corrected chi connectivity index (χ0v) is 7.98. The molecule has 2 aromatic heterocycles. The molecule has 0 atom stereocenters. The fraction of sp³-hybridized carbons (Fsp3) is 0.333. The molecule has 2 rings (SSSR count). The van der Waals surface area contributed by atoms with Crippen LogP contribution in [-0.4, -0.2) is 9.97 Å². The van der Waals surface area contributed by atoms with E-state index in [0.717, 1.165) is 17.6 Å². The molecule has 62 valence electrons. The normalized spacial score (nSPS) is 10.8. The summed E-state index contributed by atoms with van der Waals surface area (Å²) in [5.74, 6) is 0. The van der Waals surface area contributed by atoms with E-state index in [-0.39, 0.29) is 0 Å². The van der Waals surface area contributed by atoms with Crippen molar-refractivity contribution in [2.75, 3.05) is 0 Å². The van der Waals surface area contributed by atoms with Gasteiger partial charge < -0.3 is 0 Å². The standard InChI is InChI=1S/C9H10N2S/c1-3-7-9-8(11-5-10-7)6(2)4-12-9/h4-5H,3H2,1-2H3. The molecule has 0 radical (unpaired) electrons. The van der Waals surface area contributed by atoms with Gasteiger partial charge in [-0.2, -0.15) is 0 Å². The smallest absolute Gasteiger partial charge is 0.116 e. The first-order valence-corrected chi connectivity index (χ1v) is 4.88. The van der Waals surface area contributed by atoms with Gasteiger partial charge in [-0.3, -0.25) is 0 Å². The van der Waals surface area contributed by atoms with Crippen LogP contribution in [0.25, 0.3) is 10.2 Å². The van der Waals surface area contributed by atoms with Crippen molar-refractivity contribution in [2.45, 2.75) is 20.3 Å². The Labute approximate surface area is 75.3 Å². The number of hydrogen-bond donors (Lipinski definition) is 0. The van der Waals surface area contributed by atoms with E-state index >= 15 is 0 Å². The molecular weight excluding hydrogens is 168 g/mol. The van der Waals surface area contributed by atoms with Gasteiger partial charge in [-0.05, 0) is 24.3 Å². The lowest BCUT2D eigenvalue weighted by molar-refractivity contribution is 1.03. The molecule has 0 aromatic carbocycles. The average molecular weight is 178 g/mol. The minimum absolute atomic E-state index is 0.985. The van der Waals surface area contributed by atoms with E-state index in [9.17, 15) is 0 Å². The molecule has 0 aliphatic heterocycles. The lowest BCUT2D eigenvalue weighted by Crippen LogP contribution is -1.88. The fourth-order valence-electron chi connectivity index (χ4n) is 1.27. The van der Waals surface area contributed by atoms with Crippen LogP contribution in [-0.2, 0) is 6.42 Å². The van der Waals surface area contributed by atoms with Gasteiger partial charge in [-0.25, -0.2) is 9.97 Å². The van der Waals surface area contributed by atoms with Gasteiger partial charge in [-0.15, -0.1) is 11.3 Å². The Kier molecular flexibility index (Phi) is 1.81. The van der Waals surface area contributed by atoms with Crippen molar-refractivity contribution in [2.24, 2.45) is 0 Å². The summed E-state index contributed by atoms with van der Waals surface area (Å²) in [6, 6.07) is 0. The minimum Gasteiger partial charge on any atom is -0.240 e. The minimum atomic E-state index is 0.985. The average Bonchev–Trinajstić information content (AvgIpc) is 2.48. The van der Waals surface area contributed by atoms with Crippen molar-refractivity contribution in [3.63, 3.8) is 0 Å². The lowest BCUT2D eigenvalue weighted by Gasteiger charge is -1.95. The molecule has 2 heterocycles. The van der Waals surface area contributed by atoms with Gasteiger partial charge in [-0.1, -0.05) is 6.92 Å². The van der Waals surface area contributed by atoms with E-state index < -0.39 is 0 Å². The van der Waals surface area contributed by atoms with Gasteiger partial charge in [0.25, 0.3) is 0 Å². The van der Waals surface area contributed by atoms with Crippen LogP contribution in [0.15, 0.2) is 11.7 Å². The molecule has 0 aliphatic rings. The highest BCUT2D eigenvalue weighted by molar-refractivity contribution is 7.17. The third kappa shape index (κ3) is 1.01. The van der Waals surface area contributed by atoms with Crippen molar-refractivity contribution < 1.29 is 0 Å². The first-order chi connectivity index (χ1) is 5.83. The quantitative estimate of drug-likeness (QED) is 0.670. The first kappa shape index (κ1) is 7.68. The largest absolute Gasteiger partial charge is 0.240 e. The van der Waals surface area contributed by atoms with Crippen molar-refractivity contribution in [1.29, 1.82) is 0 Å². The van der Waals surface area contributed by atoms with Crippen molar-refractivity contribution in [3.05, 3.63) is 23.0 Å². The van der Waals surface area contributed by atoms with E-state index in [2.05, 4.69) is 29.2 Å². The molecule has 0 bridgehead atoms. The summed E-state index contributed by atoms with van der Waals surface area (Å²) in [4.78, 5) is 8.49. The van der Waals surface area contributed by atoms with Crippen LogP contribution in [0.2, 0.25) is 0 Å². The molecule has 12 heavy (non-hydrogen) atoms. The molecule has 0 saturated carbocycles. The van der Waals surface area contributed by atoms with Crippen molar-refractivity contribution in [3.8, 4) is 0 Å². The number of aryl methyl sites for hydroxylation is 2. The number of aromatic nitrogens is 2. The molecule has 3 heteroatoms. The SMILES string of the molecule is CCc1ncnc2c(C)csc12. The molecule has 2 nitrogen and oxygen atoms in total. The van der Waals surface area contributed by atoms with Crippen LogP contribution in [0.3, 0.4) is 0 Å².